The van der Waals surface area contributed by atoms with E-state index in [0.29, 0.717) is 60.0 Å². The Balaban J connectivity index is 1.32. The molecule has 11 heteroatoms. The Morgan fingerprint density at radius 3 is 2.64 bits per heavy atom. The molecule has 0 saturated carbocycles. The van der Waals surface area contributed by atoms with Crippen LogP contribution in [-0.4, -0.2) is 48.0 Å². The molecular weight excluding hydrogens is 530 g/mol. The normalized spacial score (nSPS) is 13.8. The average Bonchev–Trinajstić information content (AvgIpc) is 3.36. The highest BCUT2D eigenvalue weighted by molar-refractivity contribution is 6.35. The highest BCUT2D eigenvalue weighted by Crippen LogP contribution is 2.35. The van der Waals surface area contributed by atoms with Crippen LogP contribution in [0.5, 0.6) is 0 Å². The number of fused-ring (bicyclic) bond motifs is 1. The third-order valence-electron chi connectivity index (χ3n) is 6.19. The number of nitrogens with one attached hydrogen (secondary N) is 1. The van der Waals surface area contributed by atoms with Crippen molar-refractivity contribution in [2.24, 2.45) is 0 Å². The number of halogens is 3. The first-order chi connectivity index (χ1) is 18.8. The quantitative estimate of drug-likeness (QED) is 0.332. The Bertz CT molecular complexity index is 1580. The topological polar surface area (TPSA) is 111 Å². The van der Waals surface area contributed by atoms with E-state index < -0.39 is 17.5 Å². The van der Waals surface area contributed by atoms with Crippen LogP contribution in [0.15, 0.2) is 59.2 Å². The van der Waals surface area contributed by atoms with Crippen molar-refractivity contribution in [2.45, 2.75) is 6.54 Å². The molecule has 0 spiro atoms. The molecule has 1 aliphatic heterocycles. The average molecular weight is 553 g/mol. The fourth-order valence-corrected chi connectivity index (χ4v) is 4.46. The van der Waals surface area contributed by atoms with Gasteiger partial charge in [0.15, 0.2) is 5.58 Å². The van der Waals surface area contributed by atoms with Gasteiger partial charge in [0, 0.05) is 36.3 Å². The van der Waals surface area contributed by atoms with Crippen LogP contribution in [0.1, 0.15) is 21.7 Å². The molecule has 0 atom stereocenters. The predicted octanol–water partition coefficient (Wildman–Crippen LogP) is 4.81. The number of morpholine rings is 1. The molecule has 200 valence electrons. The lowest BCUT2D eigenvalue weighted by atomic mass is 10.0. The van der Waals surface area contributed by atoms with Crippen molar-refractivity contribution in [3.05, 3.63) is 88.3 Å². The first-order valence-electron chi connectivity index (χ1n) is 12.0. The fraction of sp³-hybridized carbons (Fsp3) is 0.179. The Labute approximate surface area is 227 Å². The van der Waals surface area contributed by atoms with E-state index in [4.69, 9.17) is 26.5 Å². The highest BCUT2D eigenvalue weighted by atomic mass is 35.5. The smallest absolute Gasteiger partial charge is 0.257 e. The number of pyridine rings is 1. The maximum absolute atomic E-state index is 15.1. The summed E-state index contributed by atoms with van der Waals surface area (Å²) in [5, 5.41) is 3.43. The maximum atomic E-state index is 15.1. The van der Waals surface area contributed by atoms with Gasteiger partial charge in [-0.2, -0.15) is 0 Å². The summed E-state index contributed by atoms with van der Waals surface area (Å²) in [4.78, 5) is 30.3. The van der Waals surface area contributed by atoms with Crippen molar-refractivity contribution in [1.29, 1.82) is 0 Å². The minimum atomic E-state index is -0.836. The second kappa shape index (κ2) is 11.2. The molecule has 0 aliphatic carbocycles. The number of amides is 2. The van der Waals surface area contributed by atoms with Gasteiger partial charge in [-0.25, -0.2) is 13.8 Å². The van der Waals surface area contributed by atoms with Crippen LogP contribution in [0.2, 0.25) is 5.02 Å². The Kier molecular flexibility index (Phi) is 7.58. The number of carbonyl (C=O) groups is 2. The molecule has 0 unspecified atom stereocenters. The van der Waals surface area contributed by atoms with E-state index in [2.05, 4.69) is 10.3 Å². The summed E-state index contributed by atoms with van der Waals surface area (Å²) in [6, 6.07) is 9.98. The van der Waals surface area contributed by atoms with Gasteiger partial charge < -0.3 is 25.1 Å². The maximum Gasteiger partial charge on any atom is 0.257 e. The summed E-state index contributed by atoms with van der Waals surface area (Å²) < 4.78 is 41.0. The van der Waals surface area contributed by atoms with Crippen molar-refractivity contribution in [3.63, 3.8) is 0 Å². The number of aromatic nitrogens is 1. The van der Waals surface area contributed by atoms with E-state index in [1.807, 2.05) is 0 Å². The Morgan fingerprint density at radius 1 is 1.10 bits per heavy atom. The van der Waals surface area contributed by atoms with Crippen LogP contribution < -0.4 is 11.1 Å². The molecule has 2 amide bonds. The molecule has 8 nitrogen and oxygen atoms in total. The summed E-state index contributed by atoms with van der Waals surface area (Å²) in [5.74, 6) is -1.75. The van der Waals surface area contributed by atoms with Gasteiger partial charge in [0.25, 0.3) is 5.91 Å². The molecule has 5 rings (SSSR count). The summed E-state index contributed by atoms with van der Waals surface area (Å²) in [5.41, 5.74) is 6.53. The Morgan fingerprint density at radius 2 is 1.90 bits per heavy atom. The second-order valence-corrected chi connectivity index (χ2v) is 9.28. The van der Waals surface area contributed by atoms with Crippen molar-refractivity contribution in [1.82, 2.24) is 15.2 Å². The van der Waals surface area contributed by atoms with Crippen LogP contribution in [0.3, 0.4) is 0 Å². The first kappa shape index (κ1) is 26.3. The number of ether oxygens (including phenoxy) is 1. The lowest BCUT2D eigenvalue weighted by Crippen LogP contribution is -2.41. The van der Waals surface area contributed by atoms with Gasteiger partial charge in [0.2, 0.25) is 5.91 Å². The first-order valence-corrected chi connectivity index (χ1v) is 12.4. The number of anilines is 1. The van der Waals surface area contributed by atoms with Crippen molar-refractivity contribution in [2.75, 3.05) is 32.0 Å². The predicted molar refractivity (Wildman–Crippen MR) is 143 cm³/mol. The molecule has 1 aliphatic rings. The molecule has 1 fully saturated rings. The number of nitrogen functional groups attached to an aromatic ring is 1. The number of benzene rings is 2. The molecule has 0 radical (unpaired) electrons. The fourth-order valence-electron chi connectivity index (χ4n) is 4.20. The van der Waals surface area contributed by atoms with Crippen molar-refractivity contribution in [3.8, 4) is 11.1 Å². The van der Waals surface area contributed by atoms with Gasteiger partial charge in [-0.15, -0.1) is 0 Å². The summed E-state index contributed by atoms with van der Waals surface area (Å²) >= 11 is 6.40. The van der Waals surface area contributed by atoms with Gasteiger partial charge >= 0.3 is 0 Å². The third-order valence-corrected chi connectivity index (χ3v) is 6.47. The number of hydrogen-bond donors (Lipinski definition) is 2. The number of nitrogens with two attached hydrogens (primary N) is 1. The number of furan rings is 1. The van der Waals surface area contributed by atoms with Crippen LogP contribution in [-0.2, 0) is 16.1 Å². The van der Waals surface area contributed by atoms with Gasteiger partial charge in [-0.05, 0) is 59.7 Å². The van der Waals surface area contributed by atoms with Crippen LogP contribution in [0.25, 0.3) is 28.2 Å². The third kappa shape index (κ3) is 5.92. The van der Waals surface area contributed by atoms with Gasteiger partial charge in [-0.1, -0.05) is 11.6 Å². The van der Waals surface area contributed by atoms with E-state index in [1.165, 1.54) is 17.0 Å². The molecular formula is C28H23ClF2N4O4. The van der Waals surface area contributed by atoms with E-state index >= 15 is 4.39 Å². The monoisotopic (exact) mass is 552 g/mol. The number of rotatable bonds is 6. The lowest BCUT2D eigenvalue weighted by molar-refractivity contribution is -0.116. The van der Waals surface area contributed by atoms with Gasteiger partial charge in [0.05, 0.1) is 30.3 Å². The minimum absolute atomic E-state index is 0.0480. The van der Waals surface area contributed by atoms with Crippen molar-refractivity contribution < 1.29 is 27.5 Å². The zero-order chi connectivity index (χ0) is 27.5. The Hall–Kier alpha value is -4.28. The molecule has 0 bridgehead atoms. The molecule has 39 heavy (non-hydrogen) atoms. The van der Waals surface area contributed by atoms with Crippen LogP contribution in [0.4, 0.5) is 14.6 Å². The minimum Gasteiger partial charge on any atom is -0.458 e. The molecule has 3 heterocycles. The SMILES string of the molecule is Nc1ccc(/C=C/C(=O)NCc2cc3cc(-c4cc(F)c(C(=O)N5CCOCC5)cc4F)cc(Cl)c3o2)cn1. The van der Waals surface area contributed by atoms with Gasteiger partial charge in [-0.3, -0.25) is 9.59 Å². The number of hydrogen-bond acceptors (Lipinski definition) is 6. The zero-order valence-electron chi connectivity index (χ0n) is 20.5. The molecule has 2 aromatic heterocycles. The van der Waals surface area contributed by atoms with E-state index in [1.54, 1.807) is 36.5 Å². The lowest BCUT2D eigenvalue weighted by Gasteiger charge is -2.27. The largest absolute Gasteiger partial charge is 0.458 e. The summed E-state index contributed by atoms with van der Waals surface area (Å²) in [7, 11) is 0. The zero-order valence-corrected chi connectivity index (χ0v) is 21.3. The standard InChI is InChI=1S/C28H23ClF2N4O4/c29-22-11-17(20-12-24(31)21(13-23(20)30)28(37)35-5-7-38-8-6-35)9-18-10-19(39-27(18)22)15-34-26(36)4-2-16-1-3-25(32)33-14-16/h1-4,9-14H,5-8,15H2,(H2,32,33)(H,34,36)/b4-2+. The van der Waals surface area contributed by atoms with Crippen LogP contribution in [0, 0.1) is 11.6 Å². The van der Waals surface area contributed by atoms with Gasteiger partial charge in [0.1, 0.15) is 23.2 Å². The van der Waals surface area contributed by atoms with E-state index in [9.17, 15) is 14.0 Å². The molecule has 4 aromatic rings. The summed E-state index contributed by atoms with van der Waals surface area (Å²) in [6.45, 7) is 1.40. The number of nitrogens with zero attached hydrogens (tertiary/aromatic N) is 2. The summed E-state index contributed by atoms with van der Waals surface area (Å²) in [6.07, 6.45) is 4.49. The molecule has 3 N–H and O–H groups in total. The molecule has 1 saturated heterocycles. The van der Waals surface area contributed by atoms with Crippen LogP contribution >= 0.6 is 11.6 Å². The van der Waals surface area contributed by atoms with E-state index in [0.717, 1.165) is 12.1 Å². The second-order valence-electron chi connectivity index (χ2n) is 8.87. The number of carbonyl (C=O) groups excluding carboxylic acids is 2. The molecule has 2 aromatic carbocycles. The van der Waals surface area contributed by atoms with E-state index in [-0.39, 0.29) is 28.6 Å². The highest BCUT2D eigenvalue weighted by Gasteiger charge is 2.24. The van der Waals surface area contributed by atoms with Crippen molar-refractivity contribution >= 4 is 46.3 Å².